The summed E-state index contributed by atoms with van der Waals surface area (Å²) in [5, 5.41) is 0. The third kappa shape index (κ3) is 5.91. The molecule has 1 saturated heterocycles. The summed E-state index contributed by atoms with van der Waals surface area (Å²) in [5.74, 6) is 0.266. The fraction of sp³-hybridized carbons (Fsp3) is 0.933. The maximum atomic E-state index is 11.7. The Labute approximate surface area is 118 Å². The van der Waals surface area contributed by atoms with Crippen LogP contribution in [0.15, 0.2) is 0 Å². The number of rotatable bonds is 8. The molecular formula is C15H30N2O2. The van der Waals surface area contributed by atoms with Crippen molar-refractivity contribution in [1.82, 2.24) is 9.80 Å². The van der Waals surface area contributed by atoms with Crippen molar-refractivity contribution in [1.29, 1.82) is 0 Å². The van der Waals surface area contributed by atoms with E-state index in [1.165, 1.54) is 0 Å². The van der Waals surface area contributed by atoms with Gasteiger partial charge in [-0.1, -0.05) is 20.3 Å². The van der Waals surface area contributed by atoms with E-state index >= 15 is 0 Å². The van der Waals surface area contributed by atoms with Crippen LogP contribution in [0.1, 0.15) is 52.4 Å². The first-order chi connectivity index (χ1) is 9.19. The van der Waals surface area contributed by atoms with Crippen LogP contribution in [0.5, 0.6) is 0 Å². The average Bonchev–Trinajstić information content (AvgIpc) is 2.41. The maximum absolute atomic E-state index is 11.7. The molecule has 1 fully saturated rings. The third-order valence-corrected chi connectivity index (χ3v) is 3.67. The summed E-state index contributed by atoms with van der Waals surface area (Å²) in [7, 11) is 1.91. The Morgan fingerprint density at radius 1 is 1.37 bits per heavy atom. The number of carbonyl (C=O) groups excluding carboxylic acids is 1. The largest absolute Gasteiger partial charge is 0.363 e. The van der Waals surface area contributed by atoms with Crippen LogP contribution >= 0.6 is 0 Å². The highest BCUT2D eigenvalue weighted by atomic mass is 16.5. The molecule has 4 heteroatoms. The van der Waals surface area contributed by atoms with E-state index in [-0.39, 0.29) is 5.91 Å². The van der Waals surface area contributed by atoms with Crippen LogP contribution in [0.2, 0.25) is 0 Å². The fourth-order valence-electron chi connectivity index (χ4n) is 2.55. The molecule has 1 aliphatic heterocycles. The van der Waals surface area contributed by atoms with Gasteiger partial charge in [0.25, 0.3) is 0 Å². The van der Waals surface area contributed by atoms with Gasteiger partial charge in [0.15, 0.2) is 0 Å². The molecule has 1 unspecified atom stereocenters. The van der Waals surface area contributed by atoms with Crippen molar-refractivity contribution in [3.63, 3.8) is 0 Å². The standard InChI is InChI=1S/C15H30N2O2/c1-4-8-14(18)16(3)10-6-11-17-12-7-13-19-15(17)9-5-2/h15H,4-13H2,1-3H3. The lowest BCUT2D eigenvalue weighted by atomic mass is 10.2. The van der Waals surface area contributed by atoms with Gasteiger partial charge in [0.1, 0.15) is 6.23 Å². The van der Waals surface area contributed by atoms with Gasteiger partial charge in [-0.15, -0.1) is 0 Å². The van der Waals surface area contributed by atoms with Gasteiger partial charge in [-0.05, 0) is 25.7 Å². The van der Waals surface area contributed by atoms with Crippen molar-refractivity contribution in [2.45, 2.75) is 58.6 Å². The van der Waals surface area contributed by atoms with E-state index in [1.807, 2.05) is 18.9 Å². The van der Waals surface area contributed by atoms with E-state index in [9.17, 15) is 4.79 Å². The zero-order chi connectivity index (χ0) is 14.1. The molecule has 0 saturated carbocycles. The highest BCUT2D eigenvalue weighted by Gasteiger charge is 2.21. The second-order valence-corrected chi connectivity index (χ2v) is 5.42. The highest BCUT2D eigenvalue weighted by molar-refractivity contribution is 5.75. The monoisotopic (exact) mass is 270 g/mol. The number of nitrogens with zero attached hydrogens (tertiary/aromatic N) is 2. The molecule has 0 spiro atoms. The summed E-state index contributed by atoms with van der Waals surface area (Å²) in [6.45, 7) is 8.18. The normalized spacial score (nSPS) is 20.5. The van der Waals surface area contributed by atoms with Gasteiger partial charge in [0.05, 0.1) is 0 Å². The summed E-state index contributed by atoms with van der Waals surface area (Å²) in [5.41, 5.74) is 0. The van der Waals surface area contributed by atoms with Crippen LogP contribution in [-0.4, -0.2) is 55.2 Å². The molecule has 19 heavy (non-hydrogen) atoms. The Morgan fingerprint density at radius 3 is 2.84 bits per heavy atom. The highest BCUT2D eigenvalue weighted by Crippen LogP contribution is 2.15. The minimum Gasteiger partial charge on any atom is -0.363 e. The SMILES string of the molecule is CCCC(=O)N(C)CCCN1CCCOC1CCC. The lowest BCUT2D eigenvalue weighted by Gasteiger charge is -2.35. The number of hydrogen-bond acceptors (Lipinski definition) is 3. The van der Waals surface area contributed by atoms with Gasteiger partial charge in [-0.25, -0.2) is 0 Å². The lowest BCUT2D eigenvalue weighted by Crippen LogP contribution is -2.44. The van der Waals surface area contributed by atoms with Gasteiger partial charge >= 0.3 is 0 Å². The van der Waals surface area contributed by atoms with Crippen LogP contribution in [0.4, 0.5) is 0 Å². The first kappa shape index (κ1) is 16.4. The molecule has 1 amide bonds. The van der Waals surface area contributed by atoms with E-state index in [0.717, 1.165) is 58.3 Å². The first-order valence-corrected chi connectivity index (χ1v) is 7.78. The van der Waals surface area contributed by atoms with Crippen LogP contribution in [0.25, 0.3) is 0 Å². The van der Waals surface area contributed by atoms with Gasteiger partial charge in [0.2, 0.25) is 5.91 Å². The quantitative estimate of drug-likeness (QED) is 0.679. The Kier molecular flexibility index (Phi) is 8.07. The Hall–Kier alpha value is -0.610. The van der Waals surface area contributed by atoms with Crippen LogP contribution in [0, 0.1) is 0 Å². The first-order valence-electron chi connectivity index (χ1n) is 7.78. The number of hydrogen-bond donors (Lipinski definition) is 0. The summed E-state index contributed by atoms with van der Waals surface area (Å²) in [6.07, 6.45) is 6.35. The molecule has 0 aromatic rings. The predicted molar refractivity (Wildman–Crippen MR) is 78.0 cm³/mol. The van der Waals surface area contributed by atoms with Crippen LogP contribution in [-0.2, 0) is 9.53 Å². The van der Waals surface area contributed by atoms with E-state index in [2.05, 4.69) is 11.8 Å². The van der Waals surface area contributed by atoms with Gasteiger partial charge < -0.3 is 9.64 Å². The minimum atomic E-state index is 0.266. The third-order valence-electron chi connectivity index (χ3n) is 3.67. The van der Waals surface area contributed by atoms with Crippen molar-refractivity contribution >= 4 is 5.91 Å². The van der Waals surface area contributed by atoms with E-state index < -0.39 is 0 Å². The molecule has 0 aromatic heterocycles. The van der Waals surface area contributed by atoms with Crippen molar-refractivity contribution < 1.29 is 9.53 Å². The average molecular weight is 270 g/mol. The molecule has 1 atom stereocenters. The molecule has 112 valence electrons. The summed E-state index contributed by atoms with van der Waals surface area (Å²) in [4.78, 5) is 16.0. The lowest BCUT2D eigenvalue weighted by molar-refractivity contribution is -0.130. The van der Waals surface area contributed by atoms with E-state index in [1.54, 1.807) is 0 Å². The molecule has 1 aliphatic rings. The minimum absolute atomic E-state index is 0.266. The van der Waals surface area contributed by atoms with Crippen LogP contribution in [0.3, 0.4) is 0 Å². The zero-order valence-corrected chi connectivity index (χ0v) is 12.9. The van der Waals surface area contributed by atoms with Crippen molar-refractivity contribution in [3.05, 3.63) is 0 Å². The predicted octanol–water partition coefficient (Wildman–Crippen LogP) is 2.48. The van der Waals surface area contributed by atoms with Crippen molar-refractivity contribution in [3.8, 4) is 0 Å². The number of carbonyl (C=O) groups is 1. The smallest absolute Gasteiger partial charge is 0.222 e. The molecule has 0 N–H and O–H groups in total. The summed E-state index contributed by atoms with van der Waals surface area (Å²) < 4.78 is 5.82. The van der Waals surface area contributed by atoms with Gasteiger partial charge in [-0.3, -0.25) is 9.69 Å². The Morgan fingerprint density at radius 2 is 2.16 bits per heavy atom. The Balaban J connectivity index is 2.24. The summed E-state index contributed by atoms with van der Waals surface area (Å²) >= 11 is 0. The Bertz CT molecular complexity index is 257. The molecule has 1 rings (SSSR count). The van der Waals surface area contributed by atoms with Gasteiger partial charge in [0, 0.05) is 39.7 Å². The molecular weight excluding hydrogens is 240 g/mol. The topological polar surface area (TPSA) is 32.8 Å². The molecule has 0 radical (unpaired) electrons. The molecule has 0 aliphatic carbocycles. The fourth-order valence-corrected chi connectivity index (χ4v) is 2.55. The second kappa shape index (κ2) is 9.32. The maximum Gasteiger partial charge on any atom is 0.222 e. The second-order valence-electron chi connectivity index (χ2n) is 5.42. The molecule has 0 aromatic carbocycles. The van der Waals surface area contributed by atoms with E-state index in [0.29, 0.717) is 12.6 Å². The number of ether oxygens (including phenoxy) is 1. The molecule has 0 bridgehead atoms. The zero-order valence-electron chi connectivity index (χ0n) is 12.9. The summed E-state index contributed by atoms with van der Waals surface area (Å²) in [6, 6.07) is 0. The van der Waals surface area contributed by atoms with Crippen molar-refractivity contribution in [2.24, 2.45) is 0 Å². The molecule has 4 nitrogen and oxygen atoms in total. The van der Waals surface area contributed by atoms with Crippen molar-refractivity contribution in [2.75, 3.05) is 33.3 Å². The van der Waals surface area contributed by atoms with Crippen LogP contribution < -0.4 is 0 Å². The van der Waals surface area contributed by atoms with E-state index in [4.69, 9.17) is 4.74 Å². The molecule has 1 heterocycles. The number of amides is 1. The van der Waals surface area contributed by atoms with Gasteiger partial charge in [-0.2, -0.15) is 0 Å².